The molecule has 24 heavy (non-hydrogen) atoms. The first kappa shape index (κ1) is 16.5. The summed E-state index contributed by atoms with van der Waals surface area (Å²) in [5.41, 5.74) is 2.21. The Balaban J connectivity index is 1.84. The minimum absolute atomic E-state index is 0.0516. The van der Waals surface area contributed by atoms with Crippen LogP contribution in [0.4, 0.5) is 0 Å². The third-order valence-corrected chi connectivity index (χ3v) is 4.88. The van der Waals surface area contributed by atoms with Crippen LogP contribution < -0.4 is 5.56 Å². The van der Waals surface area contributed by atoms with Crippen molar-refractivity contribution >= 4 is 29.0 Å². The Labute approximate surface area is 145 Å². The Bertz CT molecular complexity index is 941. The van der Waals surface area contributed by atoms with Gasteiger partial charge in [0.2, 0.25) is 0 Å². The number of thioether (sulfide) groups is 1. The minimum Gasteiger partial charge on any atom is -0.325 e. The summed E-state index contributed by atoms with van der Waals surface area (Å²) >= 11 is 1.53. The molecule has 1 aromatic carbocycles. The molecule has 0 radical (unpaired) electrons. The van der Waals surface area contributed by atoms with Gasteiger partial charge in [-0.3, -0.25) is 9.36 Å². The first-order valence-corrected chi connectivity index (χ1v) is 8.87. The van der Waals surface area contributed by atoms with Crippen molar-refractivity contribution in [1.82, 2.24) is 19.1 Å². The number of hydrogen-bond acceptors (Lipinski definition) is 4. The maximum Gasteiger partial charge on any atom is 0.280 e. The van der Waals surface area contributed by atoms with Crippen molar-refractivity contribution < 1.29 is 0 Å². The highest BCUT2D eigenvalue weighted by Crippen LogP contribution is 2.18. The molecule has 2 heterocycles. The molecule has 0 saturated heterocycles. The molecule has 0 aliphatic carbocycles. The standard InChI is InChI=1S/C18H20N4OS/c1-4-14-19-16-15(21(14)2)17(23)22(3)18(20-16)24-12-8-11-13-9-6-5-7-10-13/h5-11H,4,12H2,1-3H3/b11-8+. The van der Waals surface area contributed by atoms with E-state index in [2.05, 4.69) is 34.3 Å². The highest BCUT2D eigenvalue weighted by Gasteiger charge is 2.15. The van der Waals surface area contributed by atoms with Crippen molar-refractivity contribution in [2.75, 3.05) is 5.75 Å². The van der Waals surface area contributed by atoms with Gasteiger partial charge in [0.05, 0.1) is 0 Å². The number of hydrogen-bond donors (Lipinski definition) is 0. The van der Waals surface area contributed by atoms with E-state index in [1.54, 1.807) is 11.6 Å². The number of rotatable bonds is 5. The molecule has 0 aliphatic rings. The third kappa shape index (κ3) is 3.14. The van der Waals surface area contributed by atoms with Crippen molar-refractivity contribution in [3.63, 3.8) is 0 Å². The van der Waals surface area contributed by atoms with Crippen molar-refractivity contribution in [2.24, 2.45) is 14.1 Å². The van der Waals surface area contributed by atoms with Crippen LogP contribution in [0.2, 0.25) is 0 Å². The Morgan fingerprint density at radius 2 is 1.88 bits per heavy atom. The Morgan fingerprint density at radius 1 is 1.12 bits per heavy atom. The van der Waals surface area contributed by atoms with Gasteiger partial charge in [-0.15, -0.1) is 0 Å². The molecule has 5 nitrogen and oxygen atoms in total. The Hall–Kier alpha value is -2.34. The molecule has 0 atom stereocenters. The highest BCUT2D eigenvalue weighted by molar-refractivity contribution is 7.99. The predicted octanol–water partition coefficient (Wildman–Crippen LogP) is 3.03. The first-order valence-electron chi connectivity index (χ1n) is 7.88. The molecule has 0 bridgehead atoms. The normalized spacial score (nSPS) is 11.6. The highest BCUT2D eigenvalue weighted by atomic mass is 32.2. The largest absolute Gasteiger partial charge is 0.325 e. The van der Waals surface area contributed by atoms with Gasteiger partial charge in [0.1, 0.15) is 5.82 Å². The van der Waals surface area contributed by atoms with Crippen LogP contribution in [0.5, 0.6) is 0 Å². The van der Waals surface area contributed by atoms with Gasteiger partial charge in [-0.05, 0) is 5.56 Å². The summed E-state index contributed by atoms with van der Waals surface area (Å²) in [4.78, 5) is 21.6. The van der Waals surface area contributed by atoms with Crippen LogP contribution in [0.25, 0.3) is 17.2 Å². The zero-order chi connectivity index (χ0) is 17.1. The second-order valence-corrected chi connectivity index (χ2v) is 6.48. The SMILES string of the molecule is CCc1nc2nc(SC/C=C/c3ccccc3)n(C)c(=O)c2n1C. The number of imidazole rings is 1. The first-order chi connectivity index (χ1) is 11.6. The molecule has 0 unspecified atom stereocenters. The summed E-state index contributed by atoms with van der Waals surface area (Å²) in [6.45, 7) is 2.02. The number of fused-ring (bicyclic) bond motifs is 1. The fourth-order valence-electron chi connectivity index (χ4n) is 2.57. The van der Waals surface area contributed by atoms with Crippen LogP contribution in [0.1, 0.15) is 18.3 Å². The topological polar surface area (TPSA) is 52.7 Å². The average molecular weight is 340 g/mol. The van der Waals surface area contributed by atoms with E-state index in [0.29, 0.717) is 16.3 Å². The van der Waals surface area contributed by atoms with Gasteiger partial charge in [0.25, 0.3) is 5.56 Å². The van der Waals surface area contributed by atoms with E-state index in [4.69, 9.17) is 0 Å². The van der Waals surface area contributed by atoms with Crippen LogP contribution >= 0.6 is 11.8 Å². The van der Waals surface area contributed by atoms with E-state index in [1.807, 2.05) is 36.7 Å². The van der Waals surface area contributed by atoms with Crippen molar-refractivity contribution in [3.05, 3.63) is 58.1 Å². The minimum atomic E-state index is -0.0516. The lowest BCUT2D eigenvalue weighted by Gasteiger charge is -2.06. The van der Waals surface area contributed by atoms with Crippen molar-refractivity contribution in [3.8, 4) is 0 Å². The van der Waals surface area contributed by atoms with Crippen LogP contribution in [-0.4, -0.2) is 24.9 Å². The summed E-state index contributed by atoms with van der Waals surface area (Å²) in [6, 6.07) is 10.1. The maximum atomic E-state index is 12.6. The molecule has 0 fully saturated rings. The molecule has 2 aromatic heterocycles. The van der Waals surface area contributed by atoms with Crippen molar-refractivity contribution in [1.29, 1.82) is 0 Å². The second-order valence-electron chi connectivity index (χ2n) is 5.50. The summed E-state index contributed by atoms with van der Waals surface area (Å²) in [5, 5.41) is 0.686. The number of nitrogens with zero attached hydrogens (tertiary/aromatic N) is 4. The van der Waals surface area contributed by atoms with Gasteiger partial charge < -0.3 is 4.57 Å². The third-order valence-electron chi connectivity index (χ3n) is 3.90. The summed E-state index contributed by atoms with van der Waals surface area (Å²) in [5.74, 6) is 1.62. The quantitative estimate of drug-likeness (QED) is 0.529. The van der Waals surface area contributed by atoms with E-state index in [1.165, 1.54) is 11.8 Å². The van der Waals surface area contributed by atoms with Crippen molar-refractivity contribution in [2.45, 2.75) is 18.5 Å². The molecule has 124 valence electrons. The van der Waals surface area contributed by atoms with E-state index in [0.717, 1.165) is 23.6 Å². The number of aromatic nitrogens is 4. The van der Waals surface area contributed by atoms with E-state index in [-0.39, 0.29) is 5.56 Å². The smallest absolute Gasteiger partial charge is 0.280 e. The molecular formula is C18H20N4OS. The Kier molecular flexibility index (Phi) is 4.85. The second kappa shape index (κ2) is 7.05. The van der Waals surface area contributed by atoms with Gasteiger partial charge in [-0.2, -0.15) is 0 Å². The molecule has 3 rings (SSSR count). The Morgan fingerprint density at radius 3 is 2.58 bits per heavy atom. The van der Waals surface area contributed by atoms with E-state index >= 15 is 0 Å². The molecule has 0 aliphatic heterocycles. The van der Waals surface area contributed by atoms with Crippen LogP contribution in [-0.2, 0) is 20.5 Å². The number of aryl methyl sites for hydroxylation is 2. The summed E-state index contributed by atoms with van der Waals surface area (Å²) < 4.78 is 3.44. The van der Waals surface area contributed by atoms with E-state index < -0.39 is 0 Å². The lowest BCUT2D eigenvalue weighted by molar-refractivity contribution is 0.718. The van der Waals surface area contributed by atoms with Crippen LogP contribution in [0.15, 0.2) is 46.4 Å². The molecule has 0 spiro atoms. The molecule has 6 heteroatoms. The molecule has 3 aromatic rings. The van der Waals surface area contributed by atoms with Gasteiger partial charge in [-0.25, -0.2) is 9.97 Å². The van der Waals surface area contributed by atoms with Crippen LogP contribution in [0.3, 0.4) is 0 Å². The fourth-order valence-corrected chi connectivity index (χ4v) is 3.34. The average Bonchev–Trinajstić information content (AvgIpc) is 2.92. The van der Waals surface area contributed by atoms with Crippen LogP contribution in [0, 0.1) is 0 Å². The monoisotopic (exact) mass is 340 g/mol. The van der Waals surface area contributed by atoms with E-state index in [9.17, 15) is 4.79 Å². The van der Waals surface area contributed by atoms with Gasteiger partial charge in [-0.1, -0.05) is 61.2 Å². The van der Waals surface area contributed by atoms with Gasteiger partial charge in [0, 0.05) is 26.3 Å². The predicted molar refractivity (Wildman–Crippen MR) is 99.3 cm³/mol. The maximum absolute atomic E-state index is 12.6. The molecular weight excluding hydrogens is 320 g/mol. The zero-order valence-electron chi connectivity index (χ0n) is 14.1. The lowest BCUT2D eigenvalue weighted by atomic mass is 10.2. The molecule has 0 amide bonds. The summed E-state index contributed by atoms with van der Waals surface area (Å²) in [6.07, 6.45) is 4.92. The fraction of sp³-hybridized carbons (Fsp3) is 0.278. The summed E-state index contributed by atoms with van der Waals surface area (Å²) in [7, 11) is 3.63. The number of benzene rings is 1. The van der Waals surface area contributed by atoms with Gasteiger partial charge in [0.15, 0.2) is 16.3 Å². The molecule has 0 saturated carbocycles. The zero-order valence-corrected chi connectivity index (χ0v) is 14.9. The lowest BCUT2D eigenvalue weighted by Crippen LogP contribution is -2.21. The molecule has 0 N–H and O–H groups in total. The van der Waals surface area contributed by atoms with Gasteiger partial charge >= 0.3 is 0 Å².